The Balaban J connectivity index is 1.97. The number of hydrogen-bond acceptors (Lipinski definition) is 4. The van der Waals surface area contributed by atoms with Crippen molar-refractivity contribution < 1.29 is 9.13 Å². The molecule has 6 heteroatoms. The van der Waals surface area contributed by atoms with Gasteiger partial charge < -0.3 is 15.8 Å². The molecule has 1 aromatic carbocycles. The number of rotatable bonds is 6. The van der Waals surface area contributed by atoms with Crippen LogP contribution in [0.1, 0.15) is 26.2 Å². The van der Waals surface area contributed by atoms with E-state index in [0.717, 1.165) is 6.42 Å². The van der Waals surface area contributed by atoms with Crippen LogP contribution in [0.25, 0.3) is 11.1 Å². The van der Waals surface area contributed by atoms with E-state index in [2.05, 4.69) is 17.2 Å². The van der Waals surface area contributed by atoms with Crippen LogP contribution < -0.4 is 15.8 Å². The van der Waals surface area contributed by atoms with Crippen molar-refractivity contribution in [2.45, 2.75) is 32.2 Å². The number of nitrogens with two attached hydrogens (primary N) is 1. The molecule has 128 valence electrons. The van der Waals surface area contributed by atoms with Crippen molar-refractivity contribution >= 4 is 23.1 Å². The molecule has 0 aliphatic heterocycles. The van der Waals surface area contributed by atoms with Gasteiger partial charge in [0.05, 0.1) is 17.8 Å². The molecule has 1 atom stereocenters. The number of hydrogen-bond donors (Lipinski definition) is 2. The number of nitrogen functional groups attached to an aromatic ring is 1. The van der Waals surface area contributed by atoms with Crippen LogP contribution in [-0.2, 0) is 0 Å². The van der Waals surface area contributed by atoms with Gasteiger partial charge in [-0.15, -0.1) is 0 Å². The van der Waals surface area contributed by atoms with Gasteiger partial charge in [0.2, 0.25) is 0 Å². The topological polar surface area (TPSA) is 60.2 Å². The normalized spacial score (nSPS) is 15.2. The molecule has 1 aliphatic rings. The summed E-state index contributed by atoms with van der Waals surface area (Å²) >= 11 is 6.29. The van der Waals surface area contributed by atoms with Crippen LogP contribution in [0.15, 0.2) is 24.4 Å². The molecular weight excluding hydrogens is 329 g/mol. The molecule has 3 N–H and O–H groups in total. The first-order chi connectivity index (χ1) is 11.5. The first kappa shape index (κ1) is 16.8. The van der Waals surface area contributed by atoms with Crippen LogP contribution in [0.3, 0.4) is 0 Å². The summed E-state index contributed by atoms with van der Waals surface area (Å²) in [6.45, 7) is 2.14. The van der Waals surface area contributed by atoms with E-state index in [1.165, 1.54) is 32.1 Å². The molecule has 24 heavy (non-hydrogen) atoms. The SMILES string of the molecule is CCC(Nc1nccc(-c2cc(F)c(OC)cc2Cl)c1N)C1CC1. The van der Waals surface area contributed by atoms with Crippen LogP contribution in [0.4, 0.5) is 15.9 Å². The predicted octanol–water partition coefficient (Wildman–Crippen LogP) is 4.73. The zero-order chi connectivity index (χ0) is 17.3. The molecule has 3 rings (SSSR count). The van der Waals surface area contributed by atoms with Gasteiger partial charge in [0.15, 0.2) is 11.6 Å². The Bertz CT molecular complexity index is 749. The third kappa shape index (κ3) is 3.26. The zero-order valence-corrected chi connectivity index (χ0v) is 14.5. The Labute approximate surface area is 146 Å². The van der Waals surface area contributed by atoms with Crippen LogP contribution in [-0.4, -0.2) is 18.1 Å². The zero-order valence-electron chi connectivity index (χ0n) is 13.8. The van der Waals surface area contributed by atoms with E-state index < -0.39 is 5.82 Å². The second-order valence-electron chi connectivity index (χ2n) is 6.08. The molecule has 0 bridgehead atoms. The smallest absolute Gasteiger partial charge is 0.165 e. The van der Waals surface area contributed by atoms with Crippen molar-refractivity contribution in [1.29, 1.82) is 0 Å². The molecule has 0 amide bonds. The number of anilines is 2. The average molecular weight is 350 g/mol. The molecule has 1 unspecified atom stereocenters. The number of methoxy groups -OCH3 is 1. The molecule has 1 aliphatic carbocycles. The molecule has 0 radical (unpaired) electrons. The second-order valence-corrected chi connectivity index (χ2v) is 6.49. The maximum Gasteiger partial charge on any atom is 0.165 e. The lowest BCUT2D eigenvalue weighted by Crippen LogP contribution is -2.22. The number of halogens is 2. The predicted molar refractivity (Wildman–Crippen MR) is 96.0 cm³/mol. The summed E-state index contributed by atoms with van der Waals surface area (Å²) in [5, 5.41) is 3.81. The first-order valence-electron chi connectivity index (χ1n) is 8.09. The maximum absolute atomic E-state index is 14.1. The maximum atomic E-state index is 14.1. The first-order valence-corrected chi connectivity index (χ1v) is 8.47. The average Bonchev–Trinajstić information content (AvgIpc) is 3.41. The van der Waals surface area contributed by atoms with E-state index in [1.54, 1.807) is 12.3 Å². The van der Waals surface area contributed by atoms with Gasteiger partial charge in [0.25, 0.3) is 0 Å². The van der Waals surface area contributed by atoms with Crippen molar-refractivity contribution in [3.8, 4) is 16.9 Å². The van der Waals surface area contributed by atoms with Gasteiger partial charge in [-0.05, 0) is 37.3 Å². The standard InChI is InChI=1S/C18H21ClFN3O/c1-3-15(10-4-5-10)23-18-17(21)11(6-7-22-18)12-8-14(20)16(24-2)9-13(12)19/h6-10,15H,3-5,21H2,1-2H3,(H,22,23). The van der Waals surface area contributed by atoms with E-state index in [-0.39, 0.29) is 5.75 Å². The lowest BCUT2D eigenvalue weighted by molar-refractivity contribution is 0.386. The summed E-state index contributed by atoms with van der Waals surface area (Å²) in [4.78, 5) is 4.35. The fourth-order valence-electron chi connectivity index (χ4n) is 2.94. The number of nitrogens with zero attached hydrogens (tertiary/aromatic N) is 1. The van der Waals surface area contributed by atoms with Gasteiger partial charge in [0.1, 0.15) is 5.82 Å². The van der Waals surface area contributed by atoms with Crippen LogP contribution >= 0.6 is 11.6 Å². The Morgan fingerprint density at radius 3 is 2.79 bits per heavy atom. The minimum atomic E-state index is -0.480. The van der Waals surface area contributed by atoms with Crippen LogP contribution in [0.5, 0.6) is 5.75 Å². The molecule has 0 spiro atoms. The van der Waals surface area contributed by atoms with Gasteiger partial charge in [0, 0.05) is 29.4 Å². The van der Waals surface area contributed by atoms with Crippen molar-refractivity contribution in [2.75, 3.05) is 18.2 Å². The summed E-state index contributed by atoms with van der Waals surface area (Å²) in [7, 11) is 1.40. The highest BCUT2D eigenvalue weighted by Crippen LogP contribution is 2.40. The third-order valence-electron chi connectivity index (χ3n) is 4.47. The Hall–Kier alpha value is -2.01. The van der Waals surface area contributed by atoms with Crippen LogP contribution in [0.2, 0.25) is 5.02 Å². The highest BCUT2D eigenvalue weighted by Gasteiger charge is 2.30. The minimum Gasteiger partial charge on any atom is -0.494 e. The number of aromatic nitrogens is 1. The quantitative estimate of drug-likeness (QED) is 0.791. The molecule has 4 nitrogen and oxygen atoms in total. The summed E-state index contributed by atoms with van der Waals surface area (Å²) < 4.78 is 19.0. The monoisotopic (exact) mass is 349 g/mol. The summed E-state index contributed by atoms with van der Waals surface area (Å²) in [5.41, 5.74) is 7.95. The minimum absolute atomic E-state index is 0.106. The van der Waals surface area contributed by atoms with E-state index >= 15 is 0 Å². The molecule has 1 heterocycles. The van der Waals surface area contributed by atoms with Crippen molar-refractivity contribution in [3.63, 3.8) is 0 Å². The summed E-state index contributed by atoms with van der Waals surface area (Å²) in [6.07, 6.45) is 5.14. The van der Waals surface area contributed by atoms with Gasteiger partial charge in [-0.2, -0.15) is 0 Å². The van der Waals surface area contributed by atoms with Crippen LogP contribution in [0, 0.1) is 11.7 Å². The Morgan fingerprint density at radius 2 is 2.17 bits per heavy atom. The molecule has 1 saturated carbocycles. The van der Waals surface area contributed by atoms with Crippen molar-refractivity contribution in [1.82, 2.24) is 4.98 Å². The van der Waals surface area contributed by atoms with E-state index in [0.29, 0.717) is 39.6 Å². The van der Waals surface area contributed by atoms with E-state index in [4.69, 9.17) is 22.1 Å². The number of benzene rings is 1. The fourth-order valence-corrected chi connectivity index (χ4v) is 3.20. The highest BCUT2D eigenvalue weighted by atomic mass is 35.5. The Morgan fingerprint density at radius 1 is 1.42 bits per heavy atom. The lowest BCUT2D eigenvalue weighted by atomic mass is 10.0. The fraction of sp³-hybridized carbons (Fsp3) is 0.389. The Kier molecular flexibility index (Phi) is 4.81. The summed E-state index contributed by atoms with van der Waals surface area (Å²) in [6, 6.07) is 4.90. The van der Waals surface area contributed by atoms with Gasteiger partial charge in [-0.1, -0.05) is 18.5 Å². The number of nitrogens with one attached hydrogen (secondary N) is 1. The third-order valence-corrected chi connectivity index (χ3v) is 4.79. The van der Waals surface area contributed by atoms with Gasteiger partial charge in [-0.3, -0.25) is 0 Å². The second kappa shape index (κ2) is 6.85. The molecule has 2 aromatic rings. The van der Waals surface area contributed by atoms with Crippen molar-refractivity contribution in [3.05, 3.63) is 35.2 Å². The highest BCUT2D eigenvalue weighted by molar-refractivity contribution is 6.33. The van der Waals surface area contributed by atoms with Gasteiger partial charge >= 0.3 is 0 Å². The summed E-state index contributed by atoms with van der Waals surface area (Å²) in [5.74, 6) is 0.932. The van der Waals surface area contributed by atoms with Crippen molar-refractivity contribution in [2.24, 2.45) is 5.92 Å². The molecule has 0 saturated heterocycles. The van der Waals surface area contributed by atoms with E-state index in [9.17, 15) is 4.39 Å². The van der Waals surface area contributed by atoms with Gasteiger partial charge in [-0.25, -0.2) is 9.37 Å². The van der Waals surface area contributed by atoms with E-state index in [1.807, 2.05) is 0 Å². The molecule has 1 aromatic heterocycles. The lowest BCUT2D eigenvalue weighted by Gasteiger charge is -2.19. The largest absolute Gasteiger partial charge is 0.494 e. The molecule has 1 fully saturated rings. The number of ether oxygens (including phenoxy) is 1. The molecular formula is C18H21ClFN3O. The number of pyridine rings is 1.